The number of pyridine rings is 1. The van der Waals surface area contributed by atoms with Crippen molar-refractivity contribution in [2.45, 2.75) is 0 Å². The summed E-state index contributed by atoms with van der Waals surface area (Å²) in [5.74, 6) is -0.865. The van der Waals surface area contributed by atoms with Gasteiger partial charge in [-0.05, 0) is 36.4 Å². The number of benzene rings is 1. The van der Waals surface area contributed by atoms with Crippen LogP contribution in [0.25, 0.3) is 11.3 Å². The Morgan fingerprint density at radius 2 is 1.89 bits per heavy atom. The molecule has 1 aliphatic rings. The van der Waals surface area contributed by atoms with Crippen molar-refractivity contribution in [3.8, 4) is 11.3 Å². The number of morpholine rings is 1. The van der Waals surface area contributed by atoms with Crippen molar-refractivity contribution >= 4 is 40.6 Å². The first kappa shape index (κ1) is 24.3. The molecule has 1 aromatic carbocycles. The minimum atomic E-state index is -0.549. The third-order valence-corrected chi connectivity index (χ3v) is 5.60. The molecule has 11 nitrogen and oxygen atoms in total. The van der Waals surface area contributed by atoms with Gasteiger partial charge in [0.05, 0.1) is 37.0 Å². The standard InChI is InChI=1S/C24H21ClFN9O2/c25-16-9-15(20-3-4-27-14-30-20)10-18(11-16)31-17-1-2-21(28-12-17)23(36)33-34-24-29-13-19(26)22(32-24)35-5-7-37-8-6-35/h1-4,9-14,31H,5-8H2,(H,33,36)(H,29,32,34). The van der Waals surface area contributed by atoms with Crippen LogP contribution in [0.3, 0.4) is 0 Å². The van der Waals surface area contributed by atoms with Gasteiger partial charge in [0.25, 0.3) is 5.91 Å². The van der Waals surface area contributed by atoms with Crippen LogP contribution in [0.5, 0.6) is 0 Å². The van der Waals surface area contributed by atoms with Crippen molar-refractivity contribution in [2.24, 2.45) is 0 Å². The van der Waals surface area contributed by atoms with Crippen LogP contribution < -0.4 is 21.1 Å². The molecule has 5 rings (SSSR count). The fourth-order valence-corrected chi connectivity index (χ4v) is 3.87. The largest absolute Gasteiger partial charge is 0.378 e. The number of nitrogens with zero attached hydrogens (tertiary/aromatic N) is 6. The molecule has 4 heterocycles. The van der Waals surface area contributed by atoms with E-state index in [0.29, 0.717) is 37.0 Å². The summed E-state index contributed by atoms with van der Waals surface area (Å²) in [6.45, 7) is 2.00. The van der Waals surface area contributed by atoms with E-state index >= 15 is 0 Å². The van der Waals surface area contributed by atoms with E-state index in [9.17, 15) is 9.18 Å². The van der Waals surface area contributed by atoms with Gasteiger partial charge >= 0.3 is 0 Å². The molecule has 3 N–H and O–H groups in total. The lowest BCUT2D eigenvalue weighted by Crippen LogP contribution is -2.38. The fraction of sp³-hybridized carbons (Fsp3) is 0.167. The molecule has 188 valence electrons. The second-order valence-corrected chi connectivity index (χ2v) is 8.36. The lowest BCUT2D eigenvalue weighted by atomic mass is 10.1. The Morgan fingerprint density at radius 1 is 1.03 bits per heavy atom. The lowest BCUT2D eigenvalue weighted by molar-refractivity contribution is 0.0957. The number of hydrogen-bond donors (Lipinski definition) is 3. The predicted molar refractivity (Wildman–Crippen MR) is 136 cm³/mol. The molecule has 1 amide bonds. The summed E-state index contributed by atoms with van der Waals surface area (Å²) in [5, 5.41) is 3.75. The zero-order valence-corrected chi connectivity index (χ0v) is 20.1. The van der Waals surface area contributed by atoms with Crippen LogP contribution in [0.15, 0.2) is 61.3 Å². The Hall–Kier alpha value is -4.42. The van der Waals surface area contributed by atoms with Gasteiger partial charge in [-0.3, -0.25) is 15.6 Å². The molecule has 1 fully saturated rings. The summed E-state index contributed by atoms with van der Waals surface area (Å²) in [4.78, 5) is 34.7. The van der Waals surface area contributed by atoms with Crippen molar-refractivity contribution in [1.82, 2.24) is 30.3 Å². The number of aromatic nitrogens is 5. The summed E-state index contributed by atoms with van der Waals surface area (Å²) in [6.07, 6.45) is 5.70. The van der Waals surface area contributed by atoms with Gasteiger partial charge < -0.3 is 15.0 Å². The molecule has 1 aliphatic heterocycles. The first-order valence-electron chi connectivity index (χ1n) is 11.3. The minimum Gasteiger partial charge on any atom is -0.378 e. The van der Waals surface area contributed by atoms with Crippen LogP contribution in [-0.4, -0.2) is 57.1 Å². The molecule has 37 heavy (non-hydrogen) atoms. The van der Waals surface area contributed by atoms with Gasteiger partial charge in [0, 0.05) is 35.6 Å². The molecule has 0 aliphatic carbocycles. The molecule has 0 saturated carbocycles. The summed E-state index contributed by atoms with van der Waals surface area (Å²) in [6, 6.07) is 10.5. The molecule has 3 aromatic heterocycles. The maximum Gasteiger partial charge on any atom is 0.288 e. The Labute approximate surface area is 216 Å². The summed E-state index contributed by atoms with van der Waals surface area (Å²) in [5.41, 5.74) is 8.18. The summed E-state index contributed by atoms with van der Waals surface area (Å²) in [7, 11) is 0. The van der Waals surface area contributed by atoms with E-state index in [2.05, 4.69) is 41.1 Å². The number of hydrazine groups is 1. The van der Waals surface area contributed by atoms with Crippen molar-refractivity contribution in [3.63, 3.8) is 0 Å². The van der Waals surface area contributed by atoms with Gasteiger partial charge in [0.2, 0.25) is 5.95 Å². The molecule has 4 aromatic rings. The number of ether oxygens (including phenoxy) is 1. The number of hydrogen-bond acceptors (Lipinski definition) is 10. The van der Waals surface area contributed by atoms with E-state index in [1.165, 1.54) is 12.5 Å². The molecular formula is C24H21ClFN9O2. The zero-order valence-electron chi connectivity index (χ0n) is 19.4. The van der Waals surface area contributed by atoms with E-state index in [1.54, 1.807) is 35.4 Å². The molecule has 1 saturated heterocycles. The van der Waals surface area contributed by atoms with Crippen LogP contribution >= 0.6 is 11.6 Å². The van der Waals surface area contributed by atoms with Crippen LogP contribution in [0, 0.1) is 5.82 Å². The molecule has 13 heteroatoms. The molecule has 0 unspecified atom stereocenters. The van der Waals surface area contributed by atoms with E-state index in [0.717, 1.165) is 23.1 Å². The monoisotopic (exact) mass is 521 g/mol. The number of nitrogens with one attached hydrogen (secondary N) is 3. The molecular weight excluding hydrogens is 501 g/mol. The van der Waals surface area contributed by atoms with E-state index < -0.39 is 11.7 Å². The van der Waals surface area contributed by atoms with Crippen LogP contribution in [0.2, 0.25) is 5.02 Å². The Morgan fingerprint density at radius 3 is 2.65 bits per heavy atom. The number of rotatable bonds is 7. The van der Waals surface area contributed by atoms with Gasteiger partial charge in [-0.1, -0.05) is 11.6 Å². The van der Waals surface area contributed by atoms with E-state index in [4.69, 9.17) is 16.3 Å². The highest BCUT2D eigenvalue weighted by molar-refractivity contribution is 6.31. The third-order valence-electron chi connectivity index (χ3n) is 5.38. The van der Waals surface area contributed by atoms with E-state index in [1.807, 2.05) is 12.1 Å². The Balaban J connectivity index is 1.22. The Kier molecular flexibility index (Phi) is 7.28. The van der Waals surface area contributed by atoms with Gasteiger partial charge in [0.1, 0.15) is 12.0 Å². The van der Waals surface area contributed by atoms with Crippen molar-refractivity contribution in [2.75, 3.05) is 41.9 Å². The van der Waals surface area contributed by atoms with Crippen molar-refractivity contribution in [1.29, 1.82) is 0 Å². The Bertz CT molecular complexity index is 1390. The van der Waals surface area contributed by atoms with E-state index in [-0.39, 0.29) is 17.5 Å². The average molecular weight is 522 g/mol. The second-order valence-electron chi connectivity index (χ2n) is 7.92. The second kappa shape index (κ2) is 11.1. The quantitative estimate of drug-likeness (QED) is 0.311. The van der Waals surface area contributed by atoms with Gasteiger partial charge in [-0.2, -0.15) is 4.98 Å². The predicted octanol–water partition coefficient (Wildman–Crippen LogP) is 3.46. The topological polar surface area (TPSA) is 130 Å². The SMILES string of the molecule is O=C(NNc1ncc(F)c(N2CCOCC2)n1)c1ccc(Nc2cc(Cl)cc(-c3ccncn3)c2)cn1. The highest BCUT2D eigenvalue weighted by Crippen LogP contribution is 2.27. The maximum absolute atomic E-state index is 14.2. The highest BCUT2D eigenvalue weighted by Gasteiger charge is 2.18. The van der Waals surface area contributed by atoms with Crippen LogP contribution in [-0.2, 0) is 4.74 Å². The van der Waals surface area contributed by atoms with Crippen LogP contribution in [0.4, 0.5) is 27.5 Å². The van der Waals surface area contributed by atoms with Gasteiger partial charge in [0.15, 0.2) is 11.6 Å². The third kappa shape index (κ3) is 6.05. The molecule has 0 bridgehead atoms. The number of carbonyl (C=O) groups is 1. The van der Waals surface area contributed by atoms with Crippen molar-refractivity contribution in [3.05, 3.63) is 77.8 Å². The maximum atomic E-state index is 14.2. The van der Waals surface area contributed by atoms with Crippen LogP contribution in [0.1, 0.15) is 10.5 Å². The molecule has 0 atom stereocenters. The molecule has 0 spiro atoms. The fourth-order valence-electron chi connectivity index (χ4n) is 3.63. The number of halogens is 2. The number of carbonyl (C=O) groups excluding carboxylic acids is 1. The lowest BCUT2D eigenvalue weighted by Gasteiger charge is -2.28. The number of anilines is 4. The normalized spacial score (nSPS) is 13.2. The highest BCUT2D eigenvalue weighted by atomic mass is 35.5. The first-order valence-corrected chi connectivity index (χ1v) is 11.6. The average Bonchev–Trinajstić information content (AvgIpc) is 2.93. The zero-order chi connectivity index (χ0) is 25.6. The number of amides is 1. The minimum absolute atomic E-state index is 0.0509. The van der Waals surface area contributed by atoms with Gasteiger partial charge in [-0.15, -0.1) is 0 Å². The van der Waals surface area contributed by atoms with Crippen molar-refractivity contribution < 1.29 is 13.9 Å². The summed E-state index contributed by atoms with van der Waals surface area (Å²) >= 11 is 6.28. The summed E-state index contributed by atoms with van der Waals surface area (Å²) < 4.78 is 19.5. The molecule has 0 radical (unpaired) electrons. The first-order chi connectivity index (χ1) is 18.0. The van der Waals surface area contributed by atoms with Gasteiger partial charge in [-0.25, -0.2) is 24.3 Å². The smallest absolute Gasteiger partial charge is 0.288 e.